The van der Waals surface area contributed by atoms with Gasteiger partial charge in [0.05, 0.1) is 17.6 Å². The average molecular weight is 376 g/mol. The van der Waals surface area contributed by atoms with Crippen molar-refractivity contribution in [3.05, 3.63) is 84.3 Å². The van der Waals surface area contributed by atoms with E-state index in [1.807, 2.05) is 18.3 Å². The van der Waals surface area contributed by atoms with Crippen LogP contribution in [0, 0.1) is 5.82 Å². The van der Waals surface area contributed by atoms with Gasteiger partial charge in [-0.1, -0.05) is 0 Å². The van der Waals surface area contributed by atoms with Gasteiger partial charge in [0.1, 0.15) is 11.5 Å². The summed E-state index contributed by atoms with van der Waals surface area (Å²) < 4.78 is 14.7. The third-order valence-corrected chi connectivity index (χ3v) is 4.28. The summed E-state index contributed by atoms with van der Waals surface area (Å²) in [4.78, 5) is 18.2. The predicted octanol–water partition coefficient (Wildman–Crippen LogP) is 3.07. The van der Waals surface area contributed by atoms with Gasteiger partial charge in [0.25, 0.3) is 5.91 Å². The Morgan fingerprint density at radius 3 is 2.68 bits per heavy atom. The van der Waals surface area contributed by atoms with Crippen molar-refractivity contribution in [2.45, 2.75) is 6.54 Å². The minimum absolute atomic E-state index is 0.178. The first-order valence-electron chi connectivity index (χ1n) is 8.61. The molecule has 0 fully saturated rings. The van der Waals surface area contributed by atoms with Crippen molar-refractivity contribution in [3.63, 3.8) is 0 Å². The number of carbonyl (C=O) groups excluding carboxylic acids is 1. The van der Waals surface area contributed by atoms with Crippen LogP contribution in [0.25, 0.3) is 16.9 Å². The fourth-order valence-corrected chi connectivity index (χ4v) is 2.83. The predicted molar refractivity (Wildman–Crippen MR) is 101 cm³/mol. The molecule has 4 aromatic rings. The fraction of sp³-hybridized carbons (Fsp3) is 0.100. The van der Waals surface area contributed by atoms with Crippen LogP contribution >= 0.6 is 0 Å². The standard InChI is InChI=1S/C20H17FN6O/c1-26(12-14-11-23-27(13-14)17-4-2-16(21)3-5-17)20(28)19-10-18(24-25-19)15-6-8-22-9-7-15/h2-11,13H,12H2,1H3,(H,24,25). The molecule has 0 aliphatic carbocycles. The molecule has 1 N–H and O–H groups in total. The molecule has 1 aromatic carbocycles. The van der Waals surface area contributed by atoms with Gasteiger partial charge in [-0.3, -0.25) is 14.9 Å². The van der Waals surface area contributed by atoms with Gasteiger partial charge in [0.2, 0.25) is 0 Å². The molecule has 0 atom stereocenters. The summed E-state index contributed by atoms with van der Waals surface area (Å²) in [6, 6.07) is 11.4. The number of hydrogen-bond donors (Lipinski definition) is 1. The van der Waals surface area contributed by atoms with E-state index in [0.717, 1.165) is 16.8 Å². The Hall–Kier alpha value is -3.81. The lowest BCUT2D eigenvalue weighted by atomic mass is 10.2. The van der Waals surface area contributed by atoms with Crippen LogP contribution in [0.5, 0.6) is 0 Å². The number of pyridine rings is 1. The number of nitrogens with one attached hydrogen (secondary N) is 1. The number of amides is 1. The van der Waals surface area contributed by atoms with E-state index in [1.54, 1.807) is 53.4 Å². The first-order chi connectivity index (χ1) is 13.6. The highest BCUT2D eigenvalue weighted by Crippen LogP contribution is 2.17. The van der Waals surface area contributed by atoms with Gasteiger partial charge in [0.15, 0.2) is 0 Å². The van der Waals surface area contributed by atoms with E-state index in [2.05, 4.69) is 20.3 Å². The number of H-pyrrole nitrogens is 1. The van der Waals surface area contributed by atoms with Crippen molar-refractivity contribution in [1.29, 1.82) is 0 Å². The van der Waals surface area contributed by atoms with Gasteiger partial charge < -0.3 is 4.90 Å². The van der Waals surface area contributed by atoms with Crippen molar-refractivity contribution in [3.8, 4) is 16.9 Å². The summed E-state index contributed by atoms with van der Waals surface area (Å²) in [7, 11) is 1.71. The molecule has 3 heterocycles. The first-order valence-corrected chi connectivity index (χ1v) is 8.61. The molecule has 0 bridgehead atoms. The molecule has 0 saturated carbocycles. The molecule has 0 spiro atoms. The van der Waals surface area contributed by atoms with E-state index in [0.29, 0.717) is 17.9 Å². The lowest BCUT2D eigenvalue weighted by molar-refractivity contribution is 0.0779. The van der Waals surface area contributed by atoms with Gasteiger partial charge >= 0.3 is 0 Å². The second kappa shape index (κ2) is 7.43. The molecule has 8 heteroatoms. The number of carbonyl (C=O) groups is 1. The minimum atomic E-state index is -0.299. The van der Waals surface area contributed by atoms with Gasteiger partial charge in [0, 0.05) is 43.3 Å². The molecule has 0 unspecified atom stereocenters. The van der Waals surface area contributed by atoms with E-state index in [1.165, 1.54) is 12.1 Å². The van der Waals surface area contributed by atoms with Crippen LogP contribution in [0.15, 0.2) is 67.3 Å². The smallest absolute Gasteiger partial charge is 0.271 e. The van der Waals surface area contributed by atoms with Crippen molar-refractivity contribution in [2.75, 3.05) is 7.05 Å². The number of benzene rings is 1. The van der Waals surface area contributed by atoms with E-state index in [4.69, 9.17) is 0 Å². The molecule has 0 aliphatic rings. The van der Waals surface area contributed by atoms with Crippen molar-refractivity contribution < 1.29 is 9.18 Å². The molecule has 1 amide bonds. The quantitative estimate of drug-likeness (QED) is 0.581. The minimum Gasteiger partial charge on any atom is -0.336 e. The van der Waals surface area contributed by atoms with Crippen LogP contribution in [0.4, 0.5) is 4.39 Å². The first kappa shape index (κ1) is 17.6. The van der Waals surface area contributed by atoms with E-state index >= 15 is 0 Å². The molecule has 28 heavy (non-hydrogen) atoms. The number of halogens is 1. The Balaban J connectivity index is 1.45. The molecule has 7 nitrogen and oxygen atoms in total. The maximum absolute atomic E-state index is 13.1. The topological polar surface area (TPSA) is 79.7 Å². The Morgan fingerprint density at radius 2 is 1.93 bits per heavy atom. The molecule has 3 aromatic heterocycles. The maximum Gasteiger partial charge on any atom is 0.271 e. The van der Waals surface area contributed by atoms with Crippen LogP contribution < -0.4 is 0 Å². The highest BCUT2D eigenvalue weighted by molar-refractivity contribution is 5.93. The Bertz CT molecular complexity index is 1090. The Labute approximate surface area is 160 Å². The summed E-state index contributed by atoms with van der Waals surface area (Å²) in [6.45, 7) is 0.379. The van der Waals surface area contributed by atoms with Crippen molar-refractivity contribution >= 4 is 5.91 Å². The highest BCUT2D eigenvalue weighted by atomic mass is 19.1. The lowest BCUT2D eigenvalue weighted by Crippen LogP contribution is -2.26. The van der Waals surface area contributed by atoms with E-state index in [-0.39, 0.29) is 11.7 Å². The zero-order valence-electron chi connectivity index (χ0n) is 15.1. The maximum atomic E-state index is 13.1. The average Bonchev–Trinajstić information content (AvgIpc) is 3.39. The summed E-state index contributed by atoms with van der Waals surface area (Å²) in [6.07, 6.45) is 6.85. The number of aromatic amines is 1. The number of nitrogens with zero attached hydrogens (tertiary/aromatic N) is 5. The van der Waals surface area contributed by atoms with Gasteiger partial charge in [-0.05, 0) is 42.5 Å². The summed E-state index contributed by atoms with van der Waals surface area (Å²) in [5.74, 6) is -0.477. The molecule has 4 rings (SSSR count). The SMILES string of the molecule is CN(Cc1cnn(-c2ccc(F)cc2)c1)C(=O)c1cc(-c2ccncc2)n[nH]1. The molecule has 140 valence electrons. The number of hydrogen-bond acceptors (Lipinski definition) is 4. The molecule has 0 aliphatic heterocycles. The van der Waals surface area contributed by atoms with Gasteiger partial charge in [-0.2, -0.15) is 10.2 Å². The normalized spacial score (nSPS) is 10.8. The van der Waals surface area contributed by atoms with Gasteiger partial charge in [-0.25, -0.2) is 9.07 Å². The highest BCUT2D eigenvalue weighted by Gasteiger charge is 2.16. The largest absolute Gasteiger partial charge is 0.336 e. The molecular weight excluding hydrogens is 359 g/mol. The molecule has 0 saturated heterocycles. The van der Waals surface area contributed by atoms with E-state index < -0.39 is 0 Å². The molecular formula is C20H17FN6O. The third-order valence-electron chi connectivity index (χ3n) is 4.28. The Morgan fingerprint density at radius 1 is 1.18 bits per heavy atom. The third kappa shape index (κ3) is 3.66. The Kier molecular flexibility index (Phi) is 4.67. The lowest BCUT2D eigenvalue weighted by Gasteiger charge is -2.14. The molecule has 0 radical (unpaired) electrons. The van der Waals surface area contributed by atoms with Crippen molar-refractivity contribution in [2.24, 2.45) is 0 Å². The van der Waals surface area contributed by atoms with Crippen LogP contribution in [-0.4, -0.2) is 42.8 Å². The van der Waals surface area contributed by atoms with Crippen LogP contribution in [0.2, 0.25) is 0 Å². The second-order valence-electron chi connectivity index (χ2n) is 6.33. The number of rotatable bonds is 5. The van der Waals surface area contributed by atoms with Crippen LogP contribution in [-0.2, 0) is 6.54 Å². The van der Waals surface area contributed by atoms with Gasteiger partial charge in [-0.15, -0.1) is 0 Å². The van der Waals surface area contributed by atoms with E-state index in [9.17, 15) is 9.18 Å². The zero-order valence-corrected chi connectivity index (χ0v) is 15.1. The monoisotopic (exact) mass is 376 g/mol. The van der Waals surface area contributed by atoms with Crippen LogP contribution in [0.1, 0.15) is 16.1 Å². The second-order valence-corrected chi connectivity index (χ2v) is 6.33. The summed E-state index contributed by atoms with van der Waals surface area (Å²) in [5, 5.41) is 11.3. The summed E-state index contributed by atoms with van der Waals surface area (Å²) >= 11 is 0. The summed E-state index contributed by atoms with van der Waals surface area (Å²) in [5.41, 5.74) is 3.57. The van der Waals surface area contributed by atoms with Crippen molar-refractivity contribution in [1.82, 2.24) is 29.9 Å². The number of aromatic nitrogens is 5. The zero-order chi connectivity index (χ0) is 19.5. The van der Waals surface area contributed by atoms with Crippen LogP contribution in [0.3, 0.4) is 0 Å². The fourth-order valence-electron chi connectivity index (χ4n) is 2.83.